The first-order chi connectivity index (χ1) is 24.8. The molecule has 276 valence electrons. The second kappa shape index (κ2) is 21.8. The summed E-state index contributed by atoms with van der Waals surface area (Å²) in [5.74, 6) is -1.24. The molecule has 0 saturated carbocycles. The van der Waals surface area contributed by atoms with Crippen molar-refractivity contribution in [1.82, 2.24) is 15.7 Å². The Hall–Kier alpha value is -5.21. The fraction of sp³-hybridized carbons (Fsp3) is 0.432. The molecule has 0 spiro atoms. The van der Waals surface area contributed by atoms with Crippen LogP contribution in [0.1, 0.15) is 84.1 Å². The fourth-order valence-electron chi connectivity index (χ4n) is 5.25. The van der Waals surface area contributed by atoms with Gasteiger partial charge in [-0.2, -0.15) is 5.06 Å². The molecule has 3 N–H and O–H groups in total. The van der Waals surface area contributed by atoms with Crippen LogP contribution in [0, 0.1) is 5.92 Å². The minimum atomic E-state index is -0.787. The van der Waals surface area contributed by atoms with Crippen LogP contribution in [0.2, 0.25) is 0 Å². The molecule has 0 aliphatic heterocycles. The van der Waals surface area contributed by atoms with Crippen LogP contribution in [-0.2, 0) is 19.2 Å². The van der Waals surface area contributed by atoms with E-state index in [0.717, 1.165) is 17.9 Å². The van der Waals surface area contributed by atoms with Crippen molar-refractivity contribution in [3.63, 3.8) is 0 Å². The maximum Gasteiger partial charge on any atom is 0.363 e. The Morgan fingerprint density at radius 3 is 2.37 bits per heavy atom. The number of aliphatic hydroxyl groups excluding tert-OH is 1. The van der Waals surface area contributed by atoms with E-state index in [2.05, 4.69) is 10.6 Å². The van der Waals surface area contributed by atoms with E-state index in [4.69, 9.17) is 28.6 Å². The van der Waals surface area contributed by atoms with Crippen molar-refractivity contribution >= 4 is 30.5 Å². The highest BCUT2D eigenvalue weighted by Crippen LogP contribution is 2.28. The van der Waals surface area contributed by atoms with Crippen LogP contribution in [0.15, 0.2) is 59.0 Å². The van der Waals surface area contributed by atoms with E-state index in [1.165, 1.54) is 18.2 Å². The van der Waals surface area contributed by atoms with Gasteiger partial charge in [0, 0.05) is 5.56 Å². The highest BCUT2D eigenvalue weighted by atomic mass is 16.7. The zero-order valence-electron chi connectivity index (χ0n) is 29.3. The summed E-state index contributed by atoms with van der Waals surface area (Å²) in [7, 11) is 0. The van der Waals surface area contributed by atoms with E-state index in [1.807, 2.05) is 6.92 Å². The number of aliphatic hydroxyl groups is 1. The van der Waals surface area contributed by atoms with Crippen molar-refractivity contribution in [1.29, 1.82) is 0 Å². The van der Waals surface area contributed by atoms with Crippen molar-refractivity contribution in [2.75, 3.05) is 39.7 Å². The molecule has 14 heteroatoms. The molecule has 0 fully saturated rings. The van der Waals surface area contributed by atoms with Gasteiger partial charge in [0.15, 0.2) is 12.0 Å². The maximum atomic E-state index is 13.5. The number of hydrogen-bond donors (Lipinski definition) is 3. The molecule has 3 amide bonds. The summed E-state index contributed by atoms with van der Waals surface area (Å²) in [5, 5.41) is 15.0. The molecule has 51 heavy (non-hydrogen) atoms. The third kappa shape index (κ3) is 12.3. The number of hydroxylamine groups is 2. The highest BCUT2D eigenvalue weighted by molar-refractivity contribution is 5.92. The lowest BCUT2D eigenvalue weighted by Gasteiger charge is -2.31. The van der Waals surface area contributed by atoms with Gasteiger partial charge < -0.3 is 39.2 Å². The van der Waals surface area contributed by atoms with Gasteiger partial charge >= 0.3 is 5.97 Å². The summed E-state index contributed by atoms with van der Waals surface area (Å²) in [5.41, 5.74) is 1.17. The number of unbranched alkanes of at least 4 members (excludes halogenated alkanes) is 2. The van der Waals surface area contributed by atoms with Crippen LogP contribution in [0.25, 0.3) is 11.3 Å². The first-order valence-electron chi connectivity index (χ1n) is 17.0. The number of amides is 3. The van der Waals surface area contributed by atoms with Crippen LogP contribution >= 0.6 is 0 Å². The van der Waals surface area contributed by atoms with Gasteiger partial charge in [-0.15, -0.1) is 0 Å². The normalized spacial score (nSPS) is 11.9. The van der Waals surface area contributed by atoms with Crippen LogP contribution < -0.4 is 20.1 Å². The van der Waals surface area contributed by atoms with Gasteiger partial charge in [0.05, 0.1) is 56.2 Å². The third-order valence-corrected chi connectivity index (χ3v) is 7.85. The van der Waals surface area contributed by atoms with Gasteiger partial charge in [0.1, 0.15) is 23.9 Å². The molecule has 1 heterocycles. The first-order valence-corrected chi connectivity index (χ1v) is 17.0. The number of rotatable bonds is 24. The van der Waals surface area contributed by atoms with Gasteiger partial charge in [0.25, 0.3) is 5.91 Å². The fourth-order valence-corrected chi connectivity index (χ4v) is 5.25. The Labute approximate surface area is 297 Å². The lowest BCUT2D eigenvalue weighted by atomic mass is 9.90. The molecule has 2 unspecified atom stereocenters. The number of hydrogen-bond acceptors (Lipinski definition) is 11. The average molecular weight is 710 g/mol. The molecule has 2 aromatic carbocycles. The molecule has 0 aliphatic carbocycles. The SMILES string of the molecule is CCCCCC(C(=O)NCNC(=O)c1ccc(-c2ccc(C=O)c(OCC)c2)o1)C(CC)N(C=O)OC(=O)c1ccc(OCCOCCO)cc1. The number of furan rings is 1. The monoisotopic (exact) mass is 709 g/mol. The van der Waals surface area contributed by atoms with E-state index >= 15 is 0 Å². The molecule has 1 aromatic heterocycles. The minimum Gasteiger partial charge on any atom is -0.493 e. The smallest absolute Gasteiger partial charge is 0.363 e. The zero-order chi connectivity index (χ0) is 37.0. The van der Waals surface area contributed by atoms with Crippen molar-refractivity contribution in [3.8, 4) is 22.8 Å². The van der Waals surface area contributed by atoms with Gasteiger partial charge in [-0.05, 0) is 68.3 Å². The summed E-state index contributed by atoms with van der Waals surface area (Å²) in [4.78, 5) is 68.4. The van der Waals surface area contributed by atoms with E-state index in [0.29, 0.717) is 67.0 Å². The number of benzene rings is 2. The van der Waals surface area contributed by atoms with Crippen molar-refractivity contribution in [3.05, 3.63) is 71.5 Å². The topological polar surface area (TPSA) is 183 Å². The van der Waals surface area contributed by atoms with Gasteiger partial charge in [-0.1, -0.05) is 39.2 Å². The predicted octanol–water partition coefficient (Wildman–Crippen LogP) is 4.55. The number of carbonyl (C=O) groups excluding carboxylic acids is 5. The second-order valence-electron chi connectivity index (χ2n) is 11.3. The summed E-state index contributed by atoms with van der Waals surface area (Å²) >= 11 is 0. The summed E-state index contributed by atoms with van der Waals surface area (Å²) in [6, 6.07) is 13.4. The second-order valence-corrected chi connectivity index (χ2v) is 11.3. The van der Waals surface area contributed by atoms with E-state index in [9.17, 15) is 24.0 Å². The quantitative estimate of drug-likeness (QED) is 0.0513. The molecule has 0 saturated heterocycles. The first kappa shape index (κ1) is 40.2. The van der Waals surface area contributed by atoms with Crippen LogP contribution in [0.3, 0.4) is 0 Å². The molecular weight excluding hydrogens is 662 g/mol. The number of carbonyl (C=O) groups is 5. The lowest BCUT2D eigenvalue weighted by molar-refractivity contribution is -0.171. The van der Waals surface area contributed by atoms with Crippen molar-refractivity contribution < 1.29 is 52.5 Å². The predicted molar refractivity (Wildman–Crippen MR) is 186 cm³/mol. The minimum absolute atomic E-state index is 0.00769. The number of nitrogens with one attached hydrogen (secondary N) is 2. The molecule has 14 nitrogen and oxygen atoms in total. The summed E-state index contributed by atoms with van der Waals surface area (Å²) < 4.78 is 22.0. The Kier molecular flexibility index (Phi) is 17.2. The average Bonchev–Trinajstić information content (AvgIpc) is 3.65. The molecule has 0 aliphatic rings. The van der Waals surface area contributed by atoms with E-state index in [-0.39, 0.29) is 44.4 Å². The van der Waals surface area contributed by atoms with Crippen LogP contribution in [-0.4, -0.2) is 86.4 Å². The van der Waals surface area contributed by atoms with Crippen LogP contribution in [0.5, 0.6) is 11.5 Å². The van der Waals surface area contributed by atoms with E-state index in [1.54, 1.807) is 50.2 Å². The van der Waals surface area contributed by atoms with Crippen molar-refractivity contribution in [2.24, 2.45) is 5.92 Å². The third-order valence-electron chi connectivity index (χ3n) is 7.85. The molecule has 2 atom stereocenters. The number of nitrogens with zero attached hydrogens (tertiary/aromatic N) is 1. The Balaban J connectivity index is 1.62. The Morgan fingerprint density at radius 2 is 1.71 bits per heavy atom. The molecule has 0 bridgehead atoms. The molecule has 3 aromatic rings. The Morgan fingerprint density at radius 1 is 0.922 bits per heavy atom. The standard InChI is InChI=1S/C37H47N3O11/c1-4-7-8-9-30(31(5-2)40(25-43)51-37(46)26-12-14-29(15-13-26)49-21-20-47-19-18-41)35(44)38-24-39-36(45)33-17-16-32(50-33)27-10-11-28(23-42)34(22-27)48-6-3/h10-17,22-23,25,30-31,41H,4-9,18-21,24H2,1-3H3,(H,38,44)(H,39,45). The van der Waals surface area contributed by atoms with E-state index < -0.39 is 29.7 Å². The van der Waals surface area contributed by atoms with Gasteiger partial charge in [0.2, 0.25) is 12.3 Å². The van der Waals surface area contributed by atoms with Gasteiger partial charge in [-0.3, -0.25) is 19.2 Å². The largest absolute Gasteiger partial charge is 0.493 e. The maximum absolute atomic E-state index is 13.5. The molecule has 3 rings (SSSR count). The van der Waals surface area contributed by atoms with Gasteiger partial charge in [-0.25, -0.2) is 4.79 Å². The van der Waals surface area contributed by atoms with Crippen LogP contribution in [0.4, 0.5) is 0 Å². The zero-order valence-corrected chi connectivity index (χ0v) is 29.3. The summed E-state index contributed by atoms with van der Waals surface area (Å²) in [6.07, 6.45) is 4.25. The highest BCUT2D eigenvalue weighted by Gasteiger charge is 2.33. The number of aldehydes is 1. The number of ether oxygens (including phenoxy) is 3. The summed E-state index contributed by atoms with van der Waals surface area (Å²) in [6.45, 7) is 6.44. The lowest BCUT2D eigenvalue weighted by Crippen LogP contribution is -2.49. The Bertz CT molecular complexity index is 1560. The van der Waals surface area contributed by atoms with Crippen molar-refractivity contribution in [2.45, 2.75) is 58.9 Å². The molecule has 0 radical (unpaired) electrons. The molecular formula is C37H47N3O11.